The molecule has 228 valence electrons. The van der Waals surface area contributed by atoms with E-state index in [-0.39, 0.29) is 36.1 Å². The summed E-state index contributed by atoms with van der Waals surface area (Å²) in [6, 6.07) is 31.6. The van der Waals surface area contributed by atoms with E-state index in [1.165, 1.54) is 11.1 Å². The van der Waals surface area contributed by atoms with Gasteiger partial charge in [0, 0.05) is 12.3 Å². The maximum atomic E-state index is 13.8. The number of para-hydroxylation sites is 3. The van der Waals surface area contributed by atoms with E-state index < -0.39 is 0 Å². The lowest BCUT2D eigenvalue weighted by Crippen LogP contribution is -2.38. The van der Waals surface area contributed by atoms with Gasteiger partial charge in [0.25, 0.3) is 5.91 Å². The third-order valence-electron chi connectivity index (χ3n) is 9.54. The van der Waals surface area contributed by atoms with Crippen molar-refractivity contribution in [3.63, 3.8) is 0 Å². The van der Waals surface area contributed by atoms with Gasteiger partial charge in [-0.25, -0.2) is 0 Å². The molecule has 1 N–H and O–H groups in total. The van der Waals surface area contributed by atoms with Crippen LogP contribution in [0, 0.1) is 11.8 Å². The van der Waals surface area contributed by atoms with Gasteiger partial charge < -0.3 is 19.3 Å². The first-order valence-corrected chi connectivity index (χ1v) is 15.5. The lowest BCUT2D eigenvalue weighted by molar-refractivity contribution is 0.00629. The third-order valence-corrected chi connectivity index (χ3v) is 9.54. The van der Waals surface area contributed by atoms with Crippen molar-refractivity contribution in [2.24, 2.45) is 11.8 Å². The largest absolute Gasteiger partial charge is 0.497 e. The van der Waals surface area contributed by atoms with Crippen molar-refractivity contribution in [2.75, 3.05) is 18.6 Å². The number of carbonyl (C=O) groups excluding carboxylic acids is 1. The molecule has 2 aliphatic heterocycles. The highest BCUT2D eigenvalue weighted by Gasteiger charge is 2.49. The number of fused-ring (bicyclic) bond motifs is 2. The van der Waals surface area contributed by atoms with Crippen LogP contribution in [0.4, 0.5) is 11.4 Å². The van der Waals surface area contributed by atoms with Crippen molar-refractivity contribution < 1.29 is 24.1 Å². The van der Waals surface area contributed by atoms with Gasteiger partial charge in [0.15, 0.2) is 5.75 Å². The summed E-state index contributed by atoms with van der Waals surface area (Å²) < 4.78 is 18.2. The van der Waals surface area contributed by atoms with Crippen LogP contribution in [0.5, 0.6) is 17.2 Å². The number of aliphatic hydroxyl groups is 1. The lowest BCUT2D eigenvalue weighted by Gasteiger charge is -2.38. The first-order valence-electron chi connectivity index (χ1n) is 15.5. The van der Waals surface area contributed by atoms with Crippen LogP contribution in [-0.2, 0) is 16.6 Å². The molecular formula is C38H41NO5. The molecule has 44 heavy (non-hydrogen) atoms. The Morgan fingerprint density at radius 1 is 0.841 bits per heavy atom. The Bertz CT molecular complexity index is 1600. The number of rotatable bonds is 9. The summed E-state index contributed by atoms with van der Waals surface area (Å²) in [6.45, 7) is 6.98. The Hall–Kier alpha value is -4.13. The quantitative estimate of drug-likeness (QED) is 0.213. The number of aliphatic hydroxyl groups excluding tert-OH is 1. The SMILES string of the molecule is COc1ccc(C(C)(C)[C@@H]2[C@@H](C)[C@@H](CCc3ccc(N4C(=O)c5ccccc5Oc5ccccc54)cc3)O[C@H]2CCO)cc1. The number of carbonyl (C=O) groups is 1. The summed E-state index contributed by atoms with van der Waals surface area (Å²) >= 11 is 0. The average molecular weight is 592 g/mol. The van der Waals surface area contributed by atoms with Crippen molar-refractivity contribution in [3.8, 4) is 17.2 Å². The maximum Gasteiger partial charge on any atom is 0.266 e. The van der Waals surface area contributed by atoms with Gasteiger partial charge >= 0.3 is 0 Å². The van der Waals surface area contributed by atoms with Gasteiger partial charge in [-0.3, -0.25) is 9.69 Å². The predicted octanol–water partition coefficient (Wildman–Crippen LogP) is 8.09. The summed E-state index contributed by atoms with van der Waals surface area (Å²) in [4.78, 5) is 15.5. The minimum absolute atomic E-state index is 0.0151. The molecule has 4 aromatic rings. The lowest BCUT2D eigenvalue weighted by atomic mass is 9.65. The van der Waals surface area contributed by atoms with Crippen LogP contribution in [0.25, 0.3) is 0 Å². The summed E-state index contributed by atoms with van der Waals surface area (Å²) in [5, 5.41) is 9.88. The van der Waals surface area contributed by atoms with Crippen LogP contribution in [0.2, 0.25) is 0 Å². The van der Waals surface area contributed by atoms with Crippen LogP contribution in [0.1, 0.15) is 55.1 Å². The molecule has 0 bridgehead atoms. The molecule has 0 radical (unpaired) electrons. The first kappa shape index (κ1) is 29.9. The number of methoxy groups -OCH3 is 1. The fourth-order valence-electron chi connectivity index (χ4n) is 7.23. The second kappa shape index (κ2) is 12.5. The summed E-state index contributed by atoms with van der Waals surface area (Å²) in [5.41, 5.74) is 4.34. The number of amides is 1. The molecule has 1 saturated heterocycles. The smallest absolute Gasteiger partial charge is 0.266 e. The molecule has 0 aromatic heterocycles. The number of anilines is 2. The normalized spacial score (nSPS) is 21.3. The number of hydrogen-bond acceptors (Lipinski definition) is 5. The molecular weight excluding hydrogens is 550 g/mol. The predicted molar refractivity (Wildman–Crippen MR) is 173 cm³/mol. The molecule has 0 spiro atoms. The Morgan fingerprint density at radius 2 is 1.52 bits per heavy atom. The van der Waals surface area contributed by atoms with Crippen molar-refractivity contribution in [3.05, 3.63) is 114 Å². The molecule has 1 amide bonds. The number of aryl methyl sites for hydroxylation is 1. The molecule has 4 aromatic carbocycles. The second-order valence-corrected chi connectivity index (χ2v) is 12.5. The number of nitrogens with zero attached hydrogens (tertiary/aromatic N) is 1. The molecule has 2 aliphatic rings. The van der Waals surface area contributed by atoms with E-state index >= 15 is 0 Å². The molecule has 2 heterocycles. The zero-order valence-corrected chi connectivity index (χ0v) is 25.9. The number of ether oxygens (including phenoxy) is 3. The van der Waals surface area contributed by atoms with E-state index in [1.807, 2.05) is 66.7 Å². The topological polar surface area (TPSA) is 68.2 Å². The molecule has 6 heteroatoms. The maximum absolute atomic E-state index is 13.8. The van der Waals surface area contributed by atoms with E-state index in [0.29, 0.717) is 29.4 Å². The van der Waals surface area contributed by atoms with Crippen molar-refractivity contribution in [1.82, 2.24) is 0 Å². The van der Waals surface area contributed by atoms with Crippen LogP contribution in [0.3, 0.4) is 0 Å². The van der Waals surface area contributed by atoms with Crippen molar-refractivity contribution in [1.29, 1.82) is 0 Å². The van der Waals surface area contributed by atoms with Gasteiger partial charge in [-0.2, -0.15) is 0 Å². The Labute approximate surface area is 260 Å². The number of benzene rings is 4. The van der Waals surface area contributed by atoms with E-state index in [2.05, 4.69) is 45.0 Å². The van der Waals surface area contributed by atoms with Gasteiger partial charge in [-0.1, -0.05) is 69.3 Å². The molecule has 6 rings (SSSR count). The minimum Gasteiger partial charge on any atom is -0.497 e. The zero-order valence-electron chi connectivity index (χ0n) is 25.9. The third kappa shape index (κ3) is 5.60. The van der Waals surface area contributed by atoms with Gasteiger partial charge in [-0.15, -0.1) is 0 Å². The standard InChI is InChI=1S/C38H41NO5/c1-25-32(43-35(23-24-40)36(25)38(2,3)27-16-20-29(42-4)21-17-27)22-15-26-13-18-28(19-14-26)39-31-10-6-8-12-34(31)44-33-11-7-5-9-30(33)37(39)41/h5-14,16-21,25,32,35-36,40H,15,22-24H2,1-4H3/t25-,32+,35-,36+/m0/s1. The highest BCUT2D eigenvalue weighted by Crippen LogP contribution is 2.48. The van der Waals surface area contributed by atoms with Gasteiger partial charge in [-0.05, 0) is 96.2 Å². The molecule has 1 fully saturated rings. The summed E-state index contributed by atoms with van der Waals surface area (Å²) in [7, 11) is 1.68. The highest BCUT2D eigenvalue weighted by atomic mass is 16.5. The Morgan fingerprint density at radius 3 is 2.23 bits per heavy atom. The van der Waals surface area contributed by atoms with Gasteiger partial charge in [0.2, 0.25) is 0 Å². The van der Waals surface area contributed by atoms with Crippen molar-refractivity contribution >= 4 is 17.3 Å². The molecule has 0 aliphatic carbocycles. The molecule has 0 saturated carbocycles. The summed E-state index contributed by atoms with van der Waals surface area (Å²) in [5.74, 6) is 2.50. The van der Waals surface area contributed by atoms with Crippen LogP contribution in [-0.4, -0.2) is 36.9 Å². The first-order chi connectivity index (χ1) is 21.3. The Balaban J connectivity index is 1.19. The van der Waals surface area contributed by atoms with Crippen molar-refractivity contribution in [2.45, 2.75) is 57.7 Å². The van der Waals surface area contributed by atoms with Crippen LogP contribution >= 0.6 is 0 Å². The van der Waals surface area contributed by atoms with Gasteiger partial charge in [0.05, 0.1) is 30.6 Å². The van der Waals surface area contributed by atoms with E-state index in [4.69, 9.17) is 14.2 Å². The summed E-state index contributed by atoms with van der Waals surface area (Å²) in [6.07, 6.45) is 2.43. The fraction of sp³-hybridized carbons (Fsp3) is 0.342. The van der Waals surface area contributed by atoms with Crippen LogP contribution in [0.15, 0.2) is 97.1 Å². The average Bonchev–Trinajstić information content (AvgIpc) is 3.30. The fourth-order valence-corrected chi connectivity index (χ4v) is 7.23. The Kier molecular flexibility index (Phi) is 8.48. The van der Waals surface area contributed by atoms with Gasteiger partial charge in [0.1, 0.15) is 11.5 Å². The second-order valence-electron chi connectivity index (χ2n) is 12.5. The minimum atomic E-state index is -0.139. The molecule has 0 unspecified atom stereocenters. The van der Waals surface area contributed by atoms with E-state index in [1.54, 1.807) is 18.1 Å². The highest BCUT2D eigenvalue weighted by molar-refractivity contribution is 6.14. The van der Waals surface area contributed by atoms with Crippen LogP contribution < -0.4 is 14.4 Å². The monoisotopic (exact) mass is 591 g/mol. The van der Waals surface area contributed by atoms with E-state index in [0.717, 1.165) is 30.0 Å². The molecule has 4 atom stereocenters. The van der Waals surface area contributed by atoms with E-state index in [9.17, 15) is 9.90 Å². The molecule has 6 nitrogen and oxygen atoms in total. The zero-order chi connectivity index (χ0) is 30.8. The number of hydrogen-bond donors (Lipinski definition) is 1.